The molecule has 0 N–H and O–H groups in total. The van der Waals surface area contributed by atoms with Gasteiger partial charge in [-0.3, -0.25) is 4.57 Å². The second-order valence-electron chi connectivity index (χ2n) is 11.9. The molecule has 3 aromatic heterocycles. The maximum atomic E-state index is 4.82. The van der Waals surface area contributed by atoms with Crippen molar-refractivity contribution in [2.24, 2.45) is 7.05 Å². The number of benzene rings is 5. The number of rotatable bonds is 5. The van der Waals surface area contributed by atoms with E-state index in [1.807, 2.05) is 12.3 Å². The highest BCUT2D eigenvalue weighted by atomic mass is 15.2. The van der Waals surface area contributed by atoms with E-state index in [9.17, 15) is 0 Å². The SMILES string of the molecule is Cc1ccnc(-n2c3ccccc3c3ccc(N(c4cccc(-n5[cH+]n(C)c6ccccc65)c4)c4c(C)cccc4C)cc32)c1. The van der Waals surface area contributed by atoms with Gasteiger partial charge in [-0.25, -0.2) is 9.55 Å². The van der Waals surface area contributed by atoms with E-state index >= 15 is 0 Å². The van der Waals surface area contributed by atoms with Crippen LogP contribution in [-0.2, 0) is 7.05 Å². The number of hydrogen-bond donors (Lipinski definition) is 0. The Labute approximate surface area is 262 Å². The summed E-state index contributed by atoms with van der Waals surface area (Å²) in [6.07, 6.45) is 4.06. The van der Waals surface area contributed by atoms with E-state index in [2.05, 4.69) is 168 Å². The zero-order chi connectivity index (χ0) is 30.7. The molecule has 8 rings (SSSR count). The predicted octanol–water partition coefficient (Wildman–Crippen LogP) is 10.1. The molecular formula is C40H34N5+. The molecule has 8 aromatic rings. The highest BCUT2D eigenvalue weighted by molar-refractivity contribution is 6.10. The lowest BCUT2D eigenvalue weighted by Gasteiger charge is -2.29. The molecule has 45 heavy (non-hydrogen) atoms. The van der Waals surface area contributed by atoms with Gasteiger partial charge in [0, 0.05) is 54.0 Å². The number of fused-ring (bicyclic) bond motifs is 4. The summed E-state index contributed by atoms with van der Waals surface area (Å²) in [6, 6.07) is 43.6. The Kier molecular flexibility index (Phi) is 6.27. The van der Waals surface area contributed by atoms with Gasteiger partial charge in [0.1, 0.15) is 11.5 Å². The molecular weight excluding hydrogens is 550 g/mol. The van der Waals surface area contributed by atoms with Crippen molar-refractivity contribution in [1.29, 1.82) is 0 Å². The molecule has 5 heteroatoms. The summed E-state index contributed by atoms with van der Waals surface area (Å²) in [6.45, 7) is 6.52. The van der Waals surface area contributed by atoms with Crippen molar-refractivity contribution in [2.45, 2.75) is 20.8 Å². The zero-order valence-corrected chi connectivity index (χ0v) is 25.9. The van der Waals surface area contributed by atoms with Crippen LogP contribution in [0.2, 0.25) is 0 Å². The molecule has 0 radical (unpaired) electrons. The average molecular weight is 585 g/mol. The van der Waals surface area contributed by atoms with Gasteiger partial charge in [-0.1, -0.05) is 42.5 Å². The highest BCUT2D eigenvalue weighted by Gasteiger charge is 2.22. The molecule has 218 valence electrons. The molecule has 5 nitrogen and oxygen atoms in total. The third kappa shape index (κ3) is 4.39. The number of aromatic nitrogens is 4. The first kappa shape index (κ1) is 26.9. The maximum absolute atomic E-state index is 4.82. The van der Waals surface area contributed by atoms with Gasteiger partial charge in [-0.05, 0) is 92.1 Å². The normalized spacial score (nSPS) is 11.6. The molecule has 0 aliphatic carbocycles. The van der Waals surface area contributed by atoms with Crippen LogP contribution in [0.25, 0.3) is 44.3 Å². The van der Waals surface area contributed by atoms with Crippen LogP contribution in [0.3, 0.4) is 0 Å². The van der Waals surface area contributed by atoms with Crippen molar-refractivity contribution < 1.29 is 0 Å². The van der Waals surface area contributed by atoms with Crippen LogP contribution in [-0.4, -0.2) is 18.7 Å². The monoisotopic (exact) mass is 584 g/mol. The van der Waals surface area contributed by atoms with E-state index in [0.717, 1.165) is 33.9 Å². The van der Waals surface area contributed by atoms with E-state index in [-0.39, 0.29) is 0 Å². The second-order valence-corrected chi connectivity index (χ2v) is 11.9. The summed E-state index contributed by atoms with van der Waals surface area (Å²) in [5.41, 5.74) is 12.8. The van der Waals surface area contributed by atoms with Crippen molar-refractivity contribution in [3.8, 4) is 11.5 Å². The molecule has 0 saturated heterocycles. The summed E-state index contributed by atoms with van der Waals surface area (Å²) < 4.78 is 6.75. The fraction of sp³-hybridized carbons (Fsp3) is 0.100. The van der Waals surface area contributed by atoms with E-state index in [0.29, 0.717) is 0 Å². The quantitative estimate of drug-likeness (QED) is 0.189. The number of anilines is 3. The summed E-state index contributed by atoms with van der Waals surface area (Å²) in [7, 11) is 2.10. The first-order valence-corrected chi connectivity index (χ1v) is 15.4. The molecule has 3 heterocycles. The first-order chi connectivity index (χ1) is 22.0. The van der Waals surface area contributed by atoms with Crippen LogP contribution in [0.1, 0.15) is 16.7 Å². The van der Waals surface area contributed by atoms with Crippen molar-refractivity contribution in [3.63, 3.8) is 0 Å². The number of para-hydroxylation sites is 4. The topological polar surface area (TPSA) is 30.9 Å². The number of aryl methyl sites for hydroxylation is 4. The largest absolute Gasteiger partial charge is 0.309 e. The van der Waals surface area contributed by atoms with E-state index in [1.165, 1.54) is 44.2 Å². The minimum absolute atomic E-state index is 0.923. The molecule has 0 aliphatic rings. The van der Waals surface area contributed by atoms with Crippen molar-refractivity contribution in [2.75, 3.05) is 4.90 Å². The Morgan fingerprint density at radius 3 is 2.09 bits per heavy atom. The van der Waals surface area contributed by atoms with Crippen LogP contribution < -0.4 is 4.90 Å². The maximum Gasteiger partial charge on any atom is 0.191 e. The smallest absolute Gasteiger partial charge is 0.191 e. The van der Waals surface area contributed by atoms with Gasteiger partial charge < -0.3 is 4.90 Å². The molecule has 0 saturated carbocycles. The van der Waals surface area contributed by atoms with Gasteiger partial charge in [0.15, 0.2) is 17.4 Å². The zero-order valence-electron chi connectivity index (χ0n) is 25.9. The van der Waals surface area contributed by atoms with Gasteiger partial charge in [-0.15, -0.1) is 0 Å². The van der Waals surface area contributed by atoms with Gasteiger partial charge in [0.25, 0.3) is 0 Å². The van der Waals surface area contributed by atoms with Crippen molar-refractivity contribution in [3.05, 3.63) is 151 Å². The Morgan fingerprint density at radius 2 is 1.29 bits per heavy atom. The molecule has 0 aliphatic heterocycles. The minimum atomic E-state index is 0.923. The molecule has 0 spiro atoms. The average Bonchev–Trinajstić information content (AvgIpc) is 3.57. The van der Waals surface area contributed by atoms with E-state index in [1.54, 1.807) is 0 Å². The predicted molar refractivity (Wildman–Crippen MR) is 188 cm³/mol. The lowest BCUT2D eigenvalue weighted by atomic mass is 10.0. The lowest BCUT2D eigenvalue weighted by Crippen LogP contribution is -2.13. The molecule has 0 fully saturated rings. The fourth-order valence-electron chi connectivity index (χ4n) is 6.80. The van der Waals surface area contributed by atoms with E-state index in [4.69, 9.17) is 4.98 Å². The number of pyridine rings is 1. The number of hydrogen-bond acceptors (Lipinski definition) is 2. The Bertz CT molecular complexity index is 2370. The van der Waals surface area contributed by atoms with Crippen LogP contribution in [0, 0.1) is 20.8 Å². The standard InChI is InChI=1S/C40H34N5/c1-27-21-22-41-39(23-27)45-35-16-6-5-15-33(35)34-20-19-32(25-38(34)45)44(40-28(2)11-9-12-29(40)3)31-14-10-13-30(24-31)43-26-42(4)36-17-7-8-18-37(36)43/h5-26H,1-4H3/q+1. The third-order valence-electron chi connectivity index (χ3n) is 8.88. The van der Waals surface area contributed by atoms with Gasteiger partial charge in [-0.2, -0.15) is 4.57 Å². The Morgan fingerprint density at radius 1 is 0.600 bits per heavy atom. The summed E-state index contributed by atoms with van der Waals surface area (Å²) in [5.74, 6) is 0.923. The fourth-order valence-corrected chi connectivity index (χ4v) is 6.80. The van der Waals surface area contributed by atoms with Gasteiger partial charge in [0.2, 0.25) is 0 Å². The van der Waals surface area contributed by atoms with Crippen LogP contribution in [0.15, 0.2) is 134 Å². The van der Waals surface area contributed by atoms with E-state index < -0.39 is 0 Å². The summed E-state index contributed by atoms with van der Waals surface area (Å²) >= 11 is 0. The molecule has 0 unspecified atom stereocenters. The van der Waals surface area contributed by atoms with Crippen LogP contribution in [0.4, 0.5) is 17.1 Å². The summed E-state index contributed by atoms with van der Waals surface area (Å²) in [5, 5.41) is 2.43. The number of nitrogens with zero attached hydrogens (tertiary/aromatic N) is 5. The molecule has 0 amide bonds. The van der Waals surface area contributed by atoms with Crippen molar-refractivity contribution >= 4 is 49.9 Å². The lowest BCUT2D eigenvalue weighted by molar-refractivity contribution is 0.911. The second kappa shape index (κ2) is 10.5. The van der Waals surface area contributed by atoms with Crippen LogP contribution >= 0.6 is 0 Å². The minimum Gasteiger partial charge on any atom is -0.309 e. The third-order valence-corrected chi connectivity index (χ3v) is 8.88. The molecule has 5 aromatic carbocycles. The highest BCUT2D eigenvalue weighted by Crippen LogP contribution is 2.42. The first-order valence-electron chi connectivity index (χ1n) is 15.4. The Balaban J connectivity index is 1.39. The molecule has 0 atom stereocenters. The van der Waals surface area contributed by atoms with Crippen molar-refractivity contribution in [1.82, 2.24) is 18.7 Å². The Hall–Kier alpha value is -5.68. The van der Waals surface area contributed by atoms with Gasteiger partial charge >= 0.3 is 0 Å². The number of imidazole rings is 1. The van der Waals surface area contributed by atoms with Crippen LogP contribution in [0.5, 0.6) is 0 Å². The summed E-state index contributed by atoms with van der Waals surface area (Å²) in [4.78, 5) is 7.23. The molecule has 0 bridgehead atoms. The van der Waals surface area contributed by atoms with Gasteiger partial charge in [0.05, 0.1) is 22.4 Å².